The van der Waals surface area contributed by atoms with E-state index >= 15 is 0 Å². The monoisotopic (exact) mass is 615 g/mol. The molecule has 2 aromatic rings. The minimum Gasteiger partial charge on any atom is -0.503 e. The van der Waals surface area contributed by atoms with E-state index in [1.807, 2.05) is 38.1 Å². The lowest BCUT2D eigenvalue weighted by molar-refractivity contribution is -0.138. The molecule has 9 heteroatoms. The second-order valence-electron chi connectivity index (χ2n) is 9.41. The van der Waals surface area contributed by atoms with Crippen molar-refractivity contribution in [3.8, 4) is 17.2 Å². The highest BCUT2D eigenvalue weighted by molar-refractivity contribution is 9.10. The summed E-state index contributed by atoms with van der Waals surface area (Å²) in [7, 11) is 1.63. The highest BCUT2D eigenvalue weighted by Crippen LogP contribution is 2.48. The van der Waals surface area contributed by atoms with Crippen molar-refractivity contribution >= 4 is 39.4 Å². The summed E-state index contributed by atoms with van der Waals surface area (Å²) in [5.41, 5.74) is 4.13. The fourth-order valence-corrected chi connectivity index (χ4v) is 6.15. The number of phenolic OH excluding ortho intramolecular Hbond substituents is 1. The van der Waals surface area contributed by atoms with Gasteiger partial charge in [-0.2, -0.15) is 11.8 Å². The number of rotatable bonds is 10. The number of benzene rings is 2. The predicted octanol–water partition coefficient (Wildman–Crippen LogP) is 6.22. The third kappa shape index (κ3) is 6.30. The molecule has 1 heterocycles. The number of dihydropyridines is 1. The number of hydrogen-bond donors (Lipinski definition) is 2. The number of nitrogens with one attached hydrogen (secondary N) is 1. The Morgan fingerprint density at radius 2 is 1.90 bits per heavy atom. The molecule has 2 N–H and O–H groups in total. The first-order valence-electron chi connectivity index (χ1n) is 13.1. The molecule has 1 aliphatic heterocycles. The van der Waals surface area contributed by atoms with Crippen molar-refractivity contribution in [2.24, 2.45) is 0 Å². The van der Waals surface area contributed by atoms with E-state index in [0.29, 0.717) is 52.1 Å². The van der Waals surface area contributed by atoms with Crippen molar-refractivity contribution < 1.29 is 28.9 Å². The molecule has 2 atom stereocenters. The highest BCUT2D eigenvalue weighted by Gasteiger charge is 2.42. The molecule has 0 saturated carbocycles. The van der Waals surface area contributed by atoms with Gasteiger partial charge in [-0.15, -0.1) is 0 Å². The van der Waals surface area contributed by atoms with Crippen LogP contribution in [0, 0.1) is 0 Å². The highest BCUT2D eigenvalue weighted by atomic mass is 79.9. The predicted molar refractivity (Wildman–Crippen MR) is 157 cm³/mol. The van der Waals surface area contributed by atoms with Crippen LogP contribution in [-0.2, 0) is 14.3 Å². The molecule has 0 bridgehead atoms. The number of phenols is 1. The SMILES string of the molecule is CCOc1cc([C@@H]2C(C(=O)OCCSCC)=C(C)NC3=C2C(=O)C[C@@H](c2ccc(OC)cc2)C3)cc(Br)c1O. The molecule has 0 unspecified atom stereocenters. The number of halogens is 1. The maximum atomic E-state index is 13.9. The topological polar surface area (TPSA) is 94.1 Å². The first-order valence-corrected chi connectivity index (χ1v) is 15.0. The van der Waals surface area contributed by atoms with Gasteiger partial charge in [0, 0.05) is 35.1 Å². The third-order valence-corrected chi connectivity index (χ3v) is 8.45. The normalized spacial score (nSPS) is 18.9. The lowest BCUT2D eigenvalue weighted by Crippen LogP contribution is -2.36. The Morgan fingerprint density at radius 3 is 2.56 bits per heavy atom. The Morgan fingerprint density at radius 1 is 1.15 bits per heavy atom. The zero-order chi connectivity index (χ0) is 28.1. The fourth-order valence-electron chi connectivity index (χ4n) is 5.20. The summed E-state index contributed by atoms with van der Waals surface area (Å²) in [5.74, 6) is 1.50. The molecule has 0 spiro atoms. The Balaban J connectivity index is 1.77. The molecule has 0 fully saturated rings. The van der Waals surface area contributed by atoms with Crippen molar-refractivity contribution in [2.75, 3.05) is 31.8 Å². The van der Waals surface area contributed by atoms with Gasteiger partial charge in [-0.3, -0.25) is 4.79 Å². The van der Waals surface area contributed by atoms with Crippen LogP contribution in [0.15, 0.2) is 63.4 Å². The van der Waals surface area contributed by atoms with Gasteiger partial charge < -0.3 is 24.6 Å². The standard InChI is InChI=1S/C30H34BrNO6S/c1-5-37-25-16-20(13-22(31)29(25)34)27-26(30(35)38-11-12-39-6-2)17(3)32-23-14-19(15-24(33)28(23)27)18-7-9-21(36-4)10-8-18/h7-10,13,16,19,27,32,34H,5-6,11-12,14-15H2,1-4H3/t19-,27+/m0/s1. The van der Waals surface area contributed by atoms with Crippen LogP contribution in [-0.4, -0.2) is 48.7 Å². The average molecular weight is 617 g/mol. The number of aromatic hydroxyl groups is 1. The minimum atomic E-state index is -0.659. The van der Waals surface area contributed by atoms with Crippen LogP contribution in [0.3, 0.4) is 0 Å². The maximum Gasteiger partial charge on any atom is 0.336 e. The molecule has 0 saturated heterocycles. The molecule has 0 amide bonds. The van der Waals surface area contributed by atoms with E-state index in [4.69, 9.17) is 14.2 Å². The zero-order valence-electron chi connectivity index (χ0n) is 22.6. The second kappa shape index (κ2) is 13.0. The number of ketones is 1. The molecule has 0 aromatic heterocycles. The van der Waals surface area contributed by atoms with Crippen molar-refractivity contribution in [3.63, 3.8) is 0 Å². The number of esters is 1. The van der Waals surface area contributed by atoms with Crippen LogP contribution >= 0.6 is 27.7 Å². The Labute approximate surface area is 242 Å². The van der Waals surface area contributed by atoms with Crippen LogP contribution in [0.1, 0.15) is 56.6 Å². The average Bonchev–Trinajstić information content (AvgIpc) is 2.92. The van der Waals surface area contributed by atoms with E-state index in [-0.39, 0.29) is 29.8 Å². The first-order chi connectivity index (χ1) is 18.8. The van der Waals surface area contributed by atoms with E-state index in [1.165, 1.54) is 0 Å². The molecule has 7 nitrogen and oxygen atoms in total. The number of hydrogen-bond acceptors (Lipinski definition) is 8. The van der Waals surface area contributed by atoms with Crippen LogP contribution in [0.4, 0.5) is 0 Å². The molecule has 2 aliphatic rings. The van der Waals surface area contributed by atoms with Crippen molar-refractivity contribution in [1.29, 1.82) is 0 Å². The van der Waals surface area contributed by atoms with Gasteiger partial charge in [-0.05, 0) is 83.3 Å². The van der Waals surface area contributed by atoms with Gasteiger partial charge in [-0.1, -0.05) is 19.1 Å². The minimum absolute atomic E-state index is 0.00628. The smallest absolute Gasteiger partial charge is 0.336 e. The van der Waals surface area contributed by atoms with E-state index in [2.05, 4.69) is 28.2 Å². The second-order valence-corrected chi connectivity index (χ2v) is 11.7. The van der Waals surface area contributed by atoms with Gasteiger partial charge in [0.2, 0.25) is 0 Å². The van der Waals surface area contributed by atoms with Crippen LogP contribution in [0.25, 0.3) is 0 Å². The van der Waals surface area contributed by atoms with E-state index in [9.17, 15) is 14.7 Å². The Bertz CT molecular complexity index is 1300. The van der Waals surface area contributed by atoms with Gasteiger partial charge in [0.25, 0.3) is 0 Å². The van der Waals surface area contributed by atoms with Crippen molar-refractivity contribution in [3.05, 3.63) is 74.5 Å². The molecule has 1 aliphatic carbocycles. The van der Waals surface area contributed by atoms with Crippen LogP contribution in [0.5, 0.6) is 17.2 Å². The van der Waals surface area contributed by atoms with Gasteiger partial charge in [0.1, 0.15) is 12.4 Å². The number of carbonyl (C=O) groups excluding carboxylic acids is 2. The van der Waals surface area contributed by atoms with Crippen molar-refractivity contribution in [2.45, 2.75) is 45.4 Å². The molecular weight excluding hydrogens is 582 g/mol. The molecular formula is C30H34BrNO6S. The lowest BCUT2D eigenvalue weighted by Gasteiger charge is -2.37. The van der Waals surface area contributed by atoms with E-state index in [1.54, 1.807) is 31.0 Å². The van der Waals surface area contributed by atoms with Gasteiger partial charge in [0.15, 0.2) is 17.3 Å². The number of ether oxygens (including phenoxy) is 3. The summed E-state index contributed by atoms with van der Waals surface area (Å²) in [4.78, 5) is 27.3. The van der Waals surface area contributed by atoms with Crippen molar-refractivity contribution in [1.82, 2.24) is 5.32 Å². The summed E-state index contributed by atoms with van der Waals surface area (Å²) >= 11 is 5.12. The Kier molecular flexibility index (Phi) is 9.67. The molecule has 39 heavy (non-hydrogen) atoms. The third-order valence-electron chi connectivity index (χ3n) is 6.98. The number of methoxy groups -OCH3 is 1. The largest absolute Gasteiger partial charge is 0.503 e. The van der Waals surface area contributed by atoms with Gasteiger partial charge in [-0.25, -0.2) is 4.79 Å². The summed E-state index contributed by atoms with van der Waals surface area (Å²) in [6.45, 7) is 6.36. The van der Waals surface area contributed by atoms with Gasteiger partial charge >= 0.3 is 5.97 Å². The zero-order valence-corrected chi connectivity index (χ0v) is 25.0. The summed E-state index contributed by atoms with van der Waals surface area (Å²) in [6.07, 6.45) is 0.934. The first kappa shape index (κ1) is 29.1. The number of Topliss-reactive ketones (excluding diaryl/α,β-unsaturated/α-hetero) is 1. The summed E-state index contributed by atoms with van der Waals surface area (Å²) in [6, 6.07) is 11.2. The van der Waals surface area contributed by atoms with E-state index < -0.39 is 11.9 Å². The Hall–Kier alpha value is -2.91. The fraction of sp³-hybridized carbons (Fsp3) is 0.400. The summed E-state index contributed by atoms with van der Waals surface area (Å²) < 4.78 is 17.1. The summed E-state index contributed by atoms with van der Waals surface area (Å²) in [5, 5.41) is 13.9. The molecule has 2 aromatic carbocycles. The number of allylic oxidation sites excluding steroid dienone is 3. The maximum absolute atomic E-state index is 13.9. The number of carbonyl (C=O) groups is 2. The molecule has 208 valence electrons. The van der Waals surface area contributed by atoms with Gasteiger partial charge in [0.05, 0.1) is 23.8 Å². The quantitative estimate of drug-likeness (QED) is 0.240. The molecule has 0 radical (unpaired) electrons. The number of thioether (sulfide) groups is 1. The lowest BCUT2D eigenvalue weighted by atomic mass is 9.71. The van der Waals surface area contributed by atoms with Crippen LogP contribution in [0.2, 0.25) is 0 Å². The van der Waals surface area contributed by atoms with E-state index in [0.717, 1.165) is 22.8 Å². The van der Waals surface area contributed by atoms with Crippen LogP contribution < -0.4 is 14.8 Å². The molecule has 4 rings (SSSR count).